The molecule has 0 atom stereocenters. The molecule has 0 spiro atoms. The molecule has 2 nitrogen and oxygen atoms in total. The van der Waals surface area contributed by atoms with E-state index in [-0.39, 0.29) is 5.56 Å². The van der Waals surface area contributed by atoms with Crippen LogP contribution >= 0.6 is 11.6 Å². The zero-order chi connectivity index (χ0) is 11.0. The van der Waals surface area contributed by atoms with Gasteiger partial charge in [-0.1, -0.05) is 23.2 Å². The van der Waals surface area contributed by atoms with Gasteiger partial charge in [-0.2, -0.15) is 0 Å². The predicted octanol–water partition coefficient (Wildman–Crippen LogP) is 2.98. The molecule has 2 aromatic rings. The first kappa shape index (κ1) is 10.2. The summed E-state index contributed by atoms with van der Waals surface area (Å²) in [4.78, 5) is 11.6. The molecule has 1 aromatic heterocycles. The summed E-state index contributed by atoms with van der Waals surface area (Å²) in [5.74, 6) is 0. The third-order valence-electron chi connectivity index (χ3n) is 2.53. The average molecular weight is 222 g/mol. The molecular formula is C12H12ClNO. The largest absolute Gasteiger partial charge is 0.308 e. The molecule has 0 unspecified atom stereocenters. The monoisotopic (exact) mass is 221 g/mol. The highest BCUT2D eigenvalue weighted by Crippen LogP contribution is 2.22. The fraction of sp³-hybridized carbons (Fsp3) is 0.250. The normalized spacial score (nSPS) is 10.9. The number of hydrogen-bond acceptors (Lipinski definition) is 1. The van der Waals surface area contributed by atoms with Crippen molar-refractivity contribution < 1.29 is 0 Å². The Bertz CT molecular complexity index is 572. The zero-order valence-corrected chi connectivity index (χ0v) is 9.51. The fourth-order valence-electron chi connectivity index (χ4n) is 1.79. The molecule has 15 heavy (non-hydrogen) atoms. The SMILES string of the molecule is CCn1c(=O)cc(Cl)c2cc(C)ccc21. The van der Waals surface area contributed by atoms with Crippen molar-refractivity contribution in [1.82, 2.24) is 4.57 Å². The van der Waals surface area contributed by atoms with E-state index in [4.69, 9.17) is 11.6 Å². The van der Waals surface area contributed by atoms with Gasteiger partial charge in [0, 0.05) is 18.0 Å². The number of pyridine rings is 1. The number of fused-ring (bicyclic) bond motifs is 1. The molecule has 0 aliphatic carbocycles. The van der Waals surface area contributed by atoms with Gasteiger partial charge >= 0.3 is 0 Å². The second kappa shape index (κ2) is 3.70. The molecule has 0 saturated heterocycles. The van der Waals surface area contributed by atoms with Crippen LogP contribution in [0.15, 0.2) is 29.1 Å². The van der Waals surface area contributed by atoms with Crippen molar-refractivity contribution in [3.8, 4) is 0 Å². The summed E-state index contributed by atoms with van der Waals surface area (Å²) < 4.78 is 1.72. The van der Waals surface area contributed by atoms with Crippen LogP contribution in [-0.4, -0.2) is 4.57 Å². The molecule has 1 heterocycles. The predicted molar refractivity (Wildman–Crippen MR) is 63.6 cm³/mol. The number of benzene rings is 1. The summed E-state index contributed by atoms with van der Waals surface area (Å²) in [7, 11) is 0. The fourth-order valence-corrected chi connectivity index (χ4v) is 2.03. The van der Waals surface area contributed by atoms with Crippen LogP contribution in [0.5, 0.6) is 0 Å². The van der Waals surface area contributed by atoms with E-state index >= 15 is 0 Å². The Labute approximate surface area is 93.1 Å². The van der Waals surface area contributed by atoms with Crippen LogP contribution in [0.3, 0.4) is 0 Å². The van der Waals surface area contributed by atoms with E-state index in [0.717, 1.165) is 16.5 Å². The smallest absolute Gasteiger partial charge is 0.252 e. The minimum atomic E-state index is -0.0427. The third kappa shape index (κ3) is 1.65. The summed E-state index contributed by atoms with van der Waals surface area (Å²) in [6.45, 7) is 4.63. The maximum atomic E-state index is 11.6. The minimum Gasteiger partial charge on any atom is -0.308 e. The Morgan fingerprint density at radius 1 is 1.33 bits per heavy atom. The second-order valence-electron chi connectivity index (χ2n) is 3.60. The van der Waals surface area contributed by atoms with Gasteiger partial charge in [-0.15, -0.1) is 0 Å². The Kier molecular flexibility index (Phi) is 2.53. The van der Waals surface area contributed by atoms with Gasteiger partial charge in [0.05, 0.1) is 10.5 Å². The quantitative estimate of drug-likeness (QED) is 0.726. The van der Waals surface area contributed by atoms with Crippen molar-refractivity contribution in [2.24, 2.45) is 0 Å². The molecule has 1 aromatic carbocycles. The van der Waals surface area contributed by atoms with Crippen LogP contribution in [0, 0.1) is 6.92 Å². The topological polar surface area (TPSA) is 22.0 Å². The van der Waals surface area contributed by atoms with Crippen LogP contribution < -0.4 is 5.56 Å². The Balaban J connectivity index is 2.96. The van der Waals surface area contributed by atoms with E-state index in [1.165, 1.54) is 6.07 Å². The van der Waals surface area contributed by atoms with Gasteiger partial charge < -0.3 is 4.57 Å². The Morgan fingerprint density at radius 3 is 2.73 bits per heavy atom. The van der Waals surface area contributed by atoms with E-state index in [0.29, 0.717) is 11.6 Å². The lowest BCUT2D eigenvalue weighted by Crippen LogP contribution is -2.18. The lowest BCUT2D eigenvalue weighted by Gasteiger charge is -2.09. The lowest BCUT2D eigenvalue weighted by atomic mass is 10.1. The maximum Gasteiger partial charge on any atom is 0.252 e. The van der Waals surface area contributed by atoms with Crippen molar-refractivity contribution in [3.05, 3.63) is 45.2 Å². The minimum absolute atomic E-state index is 0.0427. The molecular weight excluding hydrogens is 210 g/mol. The molecule has 0 radical (unpaired) electrons. The van der Waals surface area contributed by atoms with E-state index in [1.807, 2.05) is 32.0 Å². The van der Waals surface area contributed by atoms with Gasteiger partial charge in [-0.25, -0.2) is 0 Å². The standard InChI is InChI=1S/C12H12ClNO/c1-3-14-11-5-4-8(2)6-9(11)10(13)7-12(14)15/h4-7H,3H2,1-2H3. The van der Waals surface area contributed by atoms with E-state index in [1.54, 1.807) is 4.57 Å². The van der Waals surface area contributed by atoms with Crippen LogP contribution in [0.4, 0.5) is 0 Å². The molecule has 78 valence electrons. The highest BCUT2D eigenvalue weighted by molar-refractivity contribution is 6.35. The lowest BCUT2D eigenvalue weighted by molar-refractivity contribution is 0.760. The first-order valence-corrected chi connectivity index (χ1v) is 5.31. The molecule has 0 aliphatic heterocycles. The highest BCUT2D eigenvalue weighted by atomic mass is 35.5. The first-order valence-electron chi connectivity index (χ1n) is 4.93. The van der Waals surface area contributed by atoms with Gasteiger partial charge in [0.25, 0.3) is 5.56 Å². The molecule has 0 fully saturated rings. The van der Waals surface area contributed by atoms with Gasteiger partial charge in [0.1, 0.15) is 0 Å². The van der Waals surface area contributed by atoms with Crippen molar-refractivity contribution in [2.45, 2.75) is 20.4 Å². The van der Waals surface area contributed by atoms with E-state index in [9.17, 15) is 4.79 Å². The Hall–Kier alpha value is -1.28. The molecule has 0 bridgehead atoms. The molecule has 0 saturated carbocycles. The summed E-state index contributed by atoms with van der Waals surface area (Å²) in [5.41, 5.74) is 2.00. The van der Waals surface area contributed by atoms with Crippen molar-refractivity contribution in [2.75, 3.05) is 0 Å². The second-order valence-corrected chi connectivity index (χ2v) is 4.00. The van der Waals surface area contributed by atoms with Crippen LogP contribution in [0.1, 0.15) is 12.5 Å². The van der Waals surface area contributed by atoms with Crippen molar-refractivity contribution in [3.63, 3.8) is 0 Å². The van der Waals surface area contributed by atoms with Gasteiger partial charge in [0.2, 0.25) is 0 Å². The molecule has 2 rings (SSSR count). The highest BCUT2D eigenvalue weighted by Gasteiger charge is 2.05. The Morgan fingerprint density at radius 2 is 2.07 bits per heavy atom. The van der Waals surface area contributed by atoms with Gasteiger partial charge in [0.15, 0.2) is 0 Å². The zero-order valence-electron chi connectivity index (χ0n) is 8.75. The van der Waals surface area contributed by atoms with Crippen molar-refractivity contribution >= 4 is 22.5 Å². The van der Waals surface area contributed by atoms with Gasteiger partial charge in [-0.05, 0) is 26.0 Å². The summed E-state index contributed by atoms with van der Waals surface area (Å²) in [6.07, 6.45) is 0. The molecule has 0 amide bonds. The summed E-state index contributed by atoms with van der Waals surface area (Å²) in [5, 5.41) is 1.47. The number of hydrogen-bond donors (Lipinski definition) is 0. The number of aromatic nitrogens is 1. The number of rotatable bonds is 1. The average Bonchev–Trinajstić information content (AvgIpc) is 2.19. The van der Waals surface area contributed by atoms with Crippen LogP contribution in [0.25, 0.3) is 10.9 Å². The summed E-state index contributed by atoms with van der Waals surface area (Å²) >= 11 is 6.05. The number of aryl methyl sites for hydroxylation is 2. The number of nitrogens with zero attached hydrogens (tertiary/aromatic N) is 1. The molecule has 0 aliphatic rings. The third-order valence-corrected chi connectivity index (χ3v) is 2.85. The first-order chi connectivity index (χ1) is 7.13. The molecule has 3 heteroatoms. The van der Waals surface area contributed by atoms with Crippen molar-refractivity contribution in [1.29, 1.82) is 0 Å². The molecule has 0 N–H and O–H groups in total. The van der Waals surface area contributed by atoms with Crippen LogP contribution in [-0.2, 0) is 6.54 Å². The number of halogens is 1. The maximum absolute atomic E-state index is 11.6. The van der Waals surface area contributed by atoms with Crippen LogP contribution in [0.2, 0.25) is 5.02 Å². The van der Waals surface area contributed by atoms with E-state index < -0.39 is 0 Å². The van der Waals surface area contributed by atoms with Gasteiger partial charge in [-0.3, -0.25) is 4.79 Å². The van der Waals surface area contributed by atoms with E-state index in [2.05, 4.69) is 0 Å². The summed E-state index contributed by atoms with van der Waals surface area (Å²) in [6, 6.07) is 7.42.